The Balaban J connectivity index is 1.82. The van der Waals surface area contributed by atoms with Crippen molar-refractivity contribution in [3.63, 3.8) is 0 Å². The van der Waals surface area contributed by atoms with Crippen LogP contribution in [0.4, 0.5) is 11.4 Å². The Labute approximate surface area is 115 Å². The van der Waals surface area contributed by atoms with Gasteiger partial charge in [-0.2, -0.15) is 0 Å². The summed E-state index contributed by atoms with van der Waals surface area (Å²) in [6, 6.07) is 5.02. The molecule has 3 atom stereocenters. The molecule has 1 saturated heterocycles. The van der Waals surface area contributed by atoms with Gasteiger partial charge in [0.05, 0.1) is 15.9 Å². The zero-order chi connectivity index (χ0) is 14.3. The van der Waals surface area contributed by atoms with E-state index in [9.17, 15) is 20.2 Å². The maximum absolute atomic E-state index is 11.1. The van der Waals surface area contributed by atoms with Crippen LogP contribution < -0.4 is 0 Å². The van der Waals surface area contributed by atoms with Crippen LogP contribution in [-0.2, 0) is 6.54 Å². The van der Waals surface area contributed by atoms with E-state index in [1.54, 1.807) is 0 Å². The van der Waals surface area contributed by atoms with Gasteiger partial charge in [0.25, 0.3) is 11.4 Å². The summed E-state index contributed by atoms with van der Waals surface area (Å²) in [5.74, 6) is 0. The van der Waals surface area contributed by atoms with Gasteiger partial charge in [0.15, 0.2) is 0 Å². The number of nitro groups is 2. The van der Waals surface area contributed by atoms with Gasteiger partial charge in [0, 0.05) is 30.3 Å². The van der Waals surface area contributed by atoms with Crippen molar-refractivity contribution in [1.29, 1.82) is 0 Å². The number of hydrogen-bond acceptors (Lipinski definition) is 5. The quantitative estimate of drug-likeness (QED) is 0.479. The van der Waals surface area contributed by atoms with Gasteiger partial charge in [-0.25, -0.2) is 0 Å². The molecule has 0 aromatic heterocycles. The van der Waals surface area contributed by atoms with Crippen molar-refractivity contribution in [2.24, 2.45) is 0 Å². The second kappa shape index (κ2) is 4.82. The van der Waals surface area contributed by atoms with E-state index in [1.807, 2.05) is 0 Å². The van der Waals surface area contributed by atoms with Gasteiger partial charge in [-0.05, 0) is 18.9 Å². The highest BCUT2D eigenvalue weighted by molar-refractivity contribution is 5.49. The van der Waals surface area contributed by atoms with Gasteiger partial charge in [-0.1, -0.05) is 12.8 Å². The fourth-order valence-corrected chi connectivity index (χ4v) is 3.22. The summed E-state index contributed by atoms with van der Waals surface area (Å²) in [6.45, 7) is 0.518. The van der Waals surface area contributed by atoms with Crippen molar-refractivity contribution in [1.82, 2.24) is 4.90 Å². The molecule has 1 aliphatic carbocycles. The van der Waals surface area contributed by atoms with E-state index in [0.717, 1.165) is 18.9 Å². The van der Waals surface area contributed by atoms with Crippen LogP contribution in [0.5, 0.6) is 0 Å². The molecule has 1 aliphatic heterocycles. The Morgan fingerprint density at radius 1 is 1.10 bits per heavy atom. The van der Waals surface area contributed by atoms with Gasteiger partial charge in [0.1, 0.15) is 0 Å². The van der Waals surface area contributed by atoms with Crippen LogP contribution in [0.1, 0.15) is 31.2 Å². The molecular formula is C13H15N3O4. The molecule has 7 nitrogen and oxygen atoms in total. The van der Waals surface area contributed by atoms with Gasteiger partial charge in [-0.3, -0.25) is 25.1 Å². The second-order valence-electron chi connectivity index (χ2n) is 5.42. The molecule has 20 heavy (non-hydrogen) atoms. The Morgan fingerprint density at radius 2 is 1.75 bits per heavy atom. The third kappa shape index (κ3) is 2.24. The molecule has 2 fully saturated rings. The number of fused-ring (bicyclic) bond motifs is 1. The summed E-state index contributed by atoms with van der Waals surface area (Å²) in [7, 11) is 0. The lowest BCUT2D eigenvalue weighted by Gasteiger charge is -2.05. The molecule has 0 bridgehead atoms. The lowest BCUT2D eigenvalue weighted by atomic mass is 10.0. The third-order valence-corrected chi connectivity index (χ3v) is 4.29. The van der Waals surface area contributed by atoms with E-state index in [0.29, 0.717) is 24.2 Å². The molecule has 1 unspecified atom stereocenters. The van der Waals surface area contributed by atoms with Crippen LogP contribution in [0.25, 0.3) is 0 Å². The van der Waals surface area contributed by atoms with Gasteiger partial charge in [0.2, 0.25) is 0 Å². The van der Waals surface area contributed by atoms with E-state index in [2.05, 4.69) is 4.90 Å². The summed E-state index contributed by atoms with van der Waals surface area (Å²) in [4.78, 5) is 22.9. The van der Waals surface area contributed by atoms with Crippen LogP contribution in [0.15, 0.2) is 18.2 Å². The number of nitrogens with zero attached hydrogens (tertiary/aromatic N) is 3. The van der Waals surface area contributed by atoms with Crippen molar-refractivity contribution in [3.8, 4) is 0 Å². The normalized spacial score (nSPS) is 27.7. The average Bonchev–Trinajstić information content (AvgIpc) is 3.12. The molecule has 3 rings (SSSR count). The molecule has 1 aromatic rings. The van der Waals surface area contributed by atoms with Gasteiger partial charge < -0.3 is 0 Å². The summed E-state index contributed by atoms with van der Waals surface area (Å²) >= 11 is 0. The van der Waals surface area contributed by atoms with Crippen LogP contribution in [-0.4, -0.2) is 26.8 Å². The molecule has 1 aromatic carbocycles. The molecule has 0 N–H and O–H groups in total. The van der Waals surface area contributed by atoms with E-state index in [4.69, 9.17) is 0 Å². The Bertz CT molecular complexity index is 563. The molecule has 1 heterocycles. The predicted molar refractivity (Wildman–Crippen MR) is 71.3 cm³/mol. The monoisotopic (exact) mass is 277 g/mol. The van der Waals surface area contributed by atoms with E-state index in [1.165, 1.54) is 25.0 Å². The summed E-state index contributed by atoms with van der Waals surface area (Å²) in [5.41, 5.74) is 0.182. The average molecular weight is 277 g/mol. The van der Waals surface area contributed by atoms with Crippen molar-refractivity contribution in [2.45, 2.75) is 44.3 Å². The van der Waals surface area contributed by atoms with Crippen LogP contribution >= 0.6 is 0 Å². The Hall–Kier alpha value is -2.02. The first-order valence-electron chi connectivity index (χ1n) is 6.75. The molecule has 7 heteroatoms. The smallest absolute Gasteiger partial charge is 0.280 e. The number of nitro benzene ring substituents is 2. The molecule has 1 saturated carbocycles. The first-order chi connectivity index (χ1) is 9.58. The summed E-state index contributed by atoms with van der Waals surface area (Å²) < 4.78 is 0. The Morgan fingerprint density at radius 3 is 2.30 bits per heavy atom. The van der Waals surface area contributed by atoms with Crippen molar-refractivity contribution >= 4 is 11.4 Å². The first-order valence-corrected chi connectivity index (χ1v) is 6.75. The number of rotatable bonds is 4. The van der Waals surface area contributed by atoms with Crippen molar-refractivity contribution in [2.75, 3.05) is 0 Å². The van der Waals surface area contributed by atoms with E-state index >= 15 is 0 Å². The minimum absolute atomic E-state index is 0.150. The zero-order valence-electron chi connectivity index (χ0n) is 10.9. The highest BCUT2D eigenvalue weighted by Gasteiger charge is 2.48. The van der Waals surface area contributed by atoms with Crippen LogP contribution in [0, 0.1) is 20.2 Å². The fraction of sp³-hybridized carbons (Fsp3) is 0.538. The number of benzene rings is 1. The summed E-state index contributed by atoms with van der Waals surface area (Å²) in [6.07, 6.45) is 4.76. The van der Waals surface area contributed by atoms with E-state index < -0.39 is 9.85 Å². The zero-order valence-corrected chi connectivity index (χ0v) is 10.9. The minimum Gasteiger partial charge on any atom is -0.290 e. The van der Waals surface area contributed by atoms with Crippen molar-refractivity contribution in [3.05, 3.63) is 44.0 Å². The second-order valence-corrected chi connectivity index (χ2v) is 5.42. The largest absolute Gasteiger partial charge is 0.290 e. The standard InChI is InChI=1S/C13H15N3O4/c17-15(18)10-6-5-9(13(7-10)16(19)20)8-14-11-3-1-2-4-12(11)14/h5-7,11-12H,1-4,8H2/t11-,12+,14?. The van der Waals surface area contributed by atoms with Crippen molar-refractivity contribution < 1.29 is 9.85 Å². The highest BCUT2D eigenvalue weighted by atomic mass is 16.6. The molecule has 0 amide bonds. The van der Waals surface area contributed by atoms with E-state index in [-0.39, 0.29) is 11.4 Å². The predicted octanol–water partition coefficient (Wildman–Crippen LogP) is 2.63. The summed E-state index contributed by atoms with van der Waals surface area (Å²) in [5, 5.41) is 21.8. The number of likely N-dealkylation sites (tertiary alicyclic amines) is 1. The maximum Gasteiger partial charge on any atom is 0.280 e. The first kappa shape index (κ1) is 13.0. The Kier molecular flexibility index (Phi) is 3.13. The lowest BCUT2D eigenvalue weighted by Crippen LogP contribution is -2.06. The number of hydrogen-bond donors (Lipinski definition) is 0. The molecule has 0 radical (unpaired) electrons. The fourth-order valence-electron chi connectivity index (χ4n) is 3.22. The number of non-ortho nitro benzene ring substituents is 1. The third-order valence-electron chi connectivity index (χ3n) is 4.29. The molecule has 0 spiro atoms. The van der Waals surface area contributed by atoms with Gasteiger partial charge in [-0.15, -0.1) is 0 Å². The minimum atomic E-state index is -0.603. The van der Waals surface area contributed by atoms with Crippen LogP contribution in [0.2, 0.25) is 0 Å². The lowest BCUT2D eigenvalue weighted by molar-refractivity contribution is -0.394. The van der Waals surface area contributed by atoms with Crippen LogP contribution in [0.3, 0.4) is 0 Å². The SMILES string of the molecule is O=[N+]([O-])c1ccc(CN2[C@@H]3CCCC[C@@H]32)c([N+](=O)[O-])c1. The highest BCUT2D eigenvalue weighted by Crippen LogP contribution is 2.42. The molecule has 106 valence electrons. The van der Waals surface area contributed by atoms with Gasteiger partial charge >= 0.3 is 0 Å². The molecular weight excluding hydrogens is 262 g/mol. The molecule has 2 aliphatic rings. The topological polar surface area (TPSA) is 89.3 Å². The maximum atomic E-state index is 11.1.